The van der Waals surface area contributed by atoms with Crippen LogP contribution in [0.3, 0.4) is 0 Å². The normalized spacial score (nSPS) is 20.9. The molecular weight excluding hydrogens is 224 g/mol. The zero-order valence-electron chi connectivity index (χ0n) is 10.9. The number of amides is 1. The van der Waals surface area contributed by atoms with Crippen molar-refractivity contribution in [3.63, 3.8) is 0 Å². The lowest BCUT2D eigenvalue weighted by molar-refractivity contribution is -0.118. The maximum Gasteiger partial charge on any atom is 0.227 e. The largest absolute Gasteiger partial charge is 0.317 e. The molecule has 0 aromatic heterocycles. The zero-order chi connectivity index (χ0) is 12.5. The van der Waals surface area contributed by atoms with Crippen LogP contribution in [-0.2, 0) is 11.2 Å². The molecule has 1 fully saturated rings. The Labute approximate surface area is 108 Å². The van der Waals surface area contributed by atoms with E-state index in [1.165, 1.54) is 29.7 Å². The van der Waals surface area contributed by atoms with Crippen molar-refractivity contribution in [1.82, 2.24) is 5.32 Å². The molecule has 3 rings (SSSR count). The van der Waals surface area contributed by atoms with Gasteiger partial charge in [0.2, 0.25) is 5.91 Å². The van der Waals surface area contributed by atoms with Crippen molar-refractivity contribution in [3.05, 3.63) is 29.3 Å². The predicted molar refractivity (Wildman–Crippen MR) is 73.0 cm³/mol. The van der Waals surface area contributed by atoms with Crippen LogP contribution in [0.25, 0.3) is 0 Å². The third kappa shape index (κ3) is 1.93. The average molecular weight is 244 g/mol. The second-order valence-electron chi connectivity index (χ2n) is 5.33. The van der Waals surface area contributed by atoms with Crippen molar-refractivity contribution in [2.24, 2.45) is 0 Å². The summed E-state index contributed by atoms with van der Waals surface area (Å²) in [6, 6.07) is 6.53. The summed E-state index contributed by atoms with van der Waals surface area (Å²) in [6.07, 6.45) is 3.91. The Kier molecular flexibility index (Phi) is 3.08. The van der Waals surface area contributed by atoms with Crippen LogP contribution in [0.15, 0.2) is 18.2 Å². The van der Waals surface area contributed by atoms with Crippen molar-refractivity contribution in [3.8, 4) is 0 Å². The summed E-state index contributed by atoms with van der Waals surface area (Å²) >= 11 is 0. The number of rotatable bonds is 1. The number of para-hydroxylation sites is 1. The molecule has 0 unspecified atom stereocenters. The van der Waals surface area contributed by atoms with E-state index in [1.54, 1.807) is 0 Å². The monoisotopic (exact) mass is 244 g/mol. The van der Waals surface area contributed by atoms with Gasteiger partial charge in [0.25, 0.3) is 0 Å². The lowest BCUT2D eigenvalue weighted by Crippen LogP contribution is -2.33. The summed E-state index contributed by atoms with van der Waals surface area (Å²) in [5.41, 5.74) is 3.92. The first-order valence-electron chi connectivity index (χ1n) is 6.86. The van der Waals surface area contributed by atoms with E-state index in [-0.39, 0.29) is 5.91 Å². The molecule has 1 N–H and O–H groups in total. The number of hydrogen-bond donors (Lipinski definition) is 1. The van der Waals surface area contributed by atoms with Gasteiger partial charge >= 0.3 is 0 Å². The maximum absolute atomic E-state index is 11.9. The summed E-state index contributed by atoms with van der Waals surface area (Å²) < 4.78 is 0. The molecular formula is C15H20N2O. The number of carbonyl (C=O) groups is 1. The number of nitrogens with one attached hydrogen (secondary N) is 1. The minimum atomic E-state index is 0.254. The molecule has 0 atom stereocenters. The van der Waals surface area contributed by atoms with Crippen LogP contribution < -0.4 is 10.2 Å². The van der Waals surface area contributed by atoms with Gasteiger partial charge in [-0.15, -0.1) is 0 Å². The zero-order valence-corrected chi connectivity index (χ0v) is 10.9. The molecule has 3 heteroatoms. The molecule has 3 nitrogen and oxygen atoms in total. The smallest absolute Gasteiger partial charge is 0.227 e. The summed E-state index contributed by atoms with van der Waals surface area (Å²) in [4.78, 5) is 13.8. The van der Waals surface area contributed by atoms with E-state index in [2.05, 4.69) is 23.5 Å². The van der Waals surface area contributed by atoms with Crippen molar-refractivity contribution >= 4 is 11.6 Å². The highest BCUT2D eigenvalue weighted by molar-refractivity contribution is 5.96. The molecule has 0 radical (unpaired) electrons. The molecule has 18 heavy (non-hydrogen) atoms. The first kappa shape index (κ1) is 11.7. The molecule has 1 amide bonds. The summed E-state index contributed by atoms with van der Waals surface area (Å²) in [5.74, 6) is 0.860. The van der Waals surface area contributed by atoms with E-state index in [0.29, 0.717) is 12.3 Å². The van der Waals surface area contributed by atoms with Crippen LogP contribution in [0.2, 0.25) is 0 Å². The lowest BCUT2D eigenvalue weighted by Gasteiger charge is -2.32. The summed E-state index contributed by atoms with van der Waals surface area (Å²) in [6.45, 7) is 2.18. The topological polar surface area (TPSA) is 32.3 Å². The second kappa shape index (κ2) is 4.73. The maximum atomic E-state index is 11.9. The van der Waals surface area contributed by atoms with Crippen molar-refractivity contribution in [2.45, 2.75) is 31.6 Å². The molecule has 0 saturated carbocycles. The Morgan fingerprint density at radius 3 is 2.78 bits per heavy atom. The van der Waals surface area contributed by atoms with Crippen molar-refractivity contribution in [1.29, 1.82) is 0 Å². The number of piperidine rings is 1. The highest BCUT2D eigenvalue weighted by atomic mass is 16.2. The van der Waals surface area contributed by atoms with Crippen molar-refractivity contribution in [2.75, 3.05) is 25.0 Å². The third-order valence-electron chi connectivity index (χ3n) is 4.25. The fourth-order valence-electron chi connectivity index (χ4n) is 3.22. The number of hydrogen-bond acceptors (Lipinski definition) is 2. The van der Waals surface area contributed by atoms with Crippen LogP contribution in [0.1, 0.15) is 36.3 Å². The van der Waals surface area contributed by atoms with Crippen LogP contribution >= 0.6 is 0 Å². The molecule has 1 aromatic rings. The highest BCUT2D eigenvalue weighted by Crippen LogP contribution is 2.37. The van der Waals surface area contributed by atoms with Crippen molar-refractivity contribution < 1.29 is 4.79 Å². The highest BCUT2D eigenvalue weighted by Gasteiger charge is 2.27. The Hall–Kier alpha value is -1.35. The van der Waals surface area contributed by atoms with Crippen LogP contribution in [0.5, 0.6) is 0 Å². The van der Waals surface area contributed by atoms with Gasteiger partial charge in [0.05, 0.1) is 0 Å². The number of nitrogens with zero attached hydrogens (tertiary/aromatic N) is 1. The number of carbonyl (C=O) groups excluding carboxylic acids is 1. The van der Waals surface area contributed by atoms with Gasteiger partial charge in [0, 0.05) is 19.2 Å². The van der Waals surface area contributed by atoms with E-state index in [4.69, 9.17) is 0 Å². The van der Waals surface area contributed by atoms with Gasteiger partial charge in [0.1, 0.15) is 0 Å². The van der Waals surface area contributed by atoms with Gasteiger partial charge in [-0.25, -0.2) is 0 Å². The van der Waals surface area contributed by atoms with Crippen LogP contribution in [0, 0.1) is 0 Å². The van der Waals surface area contributed by atoms with E-state index in [0.717, 1.165) is 19.5 Å². The van der Waals surface area contributed by atoms with E-state index in [9.17, 15) is 4.79 Å². The number of fused-ring (bicyclic) bond motifs is 1. The summed E-state index contributed by atoms with van der Waals surface area (Å²) in [7, 11) is 1.92. The lowest BCUT2D eigenvalue weighted by atomic mass is 9.85. The third-order valence-corrected chi connectivity index (χ3v) is 4.25. The molecule has 0 spiro atoms. The van der Waals surface area contributed by atoms with Gasteiger partial charge < -0.3 is 10.2 Å². The number of aryl methyl sites for hydroxylation is 1. The van der Waals surface area contributed by atoms with Crippen LogP contribution in [0.4, 0.5) is 5.69 Å². The van der Waals surface area contributed by atoms with E-state index in [1.807, 2.05) is 11.9 Å². The van der Waals surface area contributed by atoms with Crippen LogP contribution in [-0.4, -0.2) is 26.0 Å². The van der Waals surface area contributed by atoms with Gasteiger partial charge in [-0.2, -0.15) is 0 Å². The minimum Gasteiger partial charge on any atom is -0.317 e. The molecule has 2 heterocycles. The van der Waals surface area contributed by atoms with Gasteiger partial charge in [-0.3, -0.25) is 4.79 Å². The molecule has 2 aliphatic heterocycles. The Morgan fingerprint density at radius 1 is 1.22 bits per heavy atom. The Morgan fingerprint density at radius 2 is 2.00 bits per heavy atom. The molecule has 96 valence electrons. The SMILES string of the molecule is CN1C(=O)CCc2cccc(C3CCNCC3)c21. The standard InChI is InChI=1S/C15H20N2O/c1-17-14(18)6-5-12-3-2-4-13(15(12)17)11-7-9-16-10-8-11/h2-4,11,16H,5-10H2,1H3. The molecule has 0 bridgehead atoms. The quantitative estimate of drug-likeness (QED) is 0.820. The molecule has 0 aliphatic carbocycles. The summed E-state index contributed by atoms with van der Waals surface area (Å²) in [5, 5.41) is 3.40. The predicted octanol–water partition coefficient (Wildman–Crippen LogP) is 2.06. The van der Waals surface area contributed by atoms with E-state index >= 15 is 0 Å². The van der Waals surface area contributed by atoms with E-state index < -0.39 is 0 Å². The number of anilines is 1. The minimum absolute atomic E-state index is 0.254. The fraction of sp³-hybridized carbons (Fsp3) is 0.533. The molecule has 2 aliphatic rings. The first-order chi connectivity index (χ1) is 8.77. The van der Waals surface area contributed by atoms with Gasteiger partial charge in [0.15, 0.2) is 0 Å². The second-order valence-corrected chi connectivity index (χ2v) is 5.33. The van der Waals surface area contributed by atoms with Gasteiger partial charge in [-0.1, -0.05) is 18.2 Å². The Balaban J connectivity index is 2.02. The van der Waals surface area contributed by atoms with Gasteiger partial charge in [-0.05, 0) is 49.4 Å². The average Bonchev–Trinajstić information content (AvgIpc) is 2.43. The number of benzene rings is 1. The Bertz CT molecular complexity index is 464. The molecule has 1 saturated heterocycles. The molecule has 1 aromatic carbocycles. The first-order valence-corrected chi connectivity index (χ1v) is 6.86. The fourth-order valence-corrected chi connectivity index (χ4v) is 3.22.